The van der Waals surface area contributed by atoms with Crippen molar-refractivity contribution in [3.8, 4) is 0 Å². The molecule has 2 aromatic rings. The lowest BCUT2D eigenvalue weighted by Crippen LogP contribution is -2.20. The van der Waals surface area contributed by atoms with E-state index in [1.54, 1.807) is 18.2 Å². The lowest BCUT2D eigenvalue weighted by Gasteiger charge is -2.14. The molecule has 0 saturated heterocycles. The highest BCUT2D eigenvalue weighted by atomic mass is 35.5. The van der Waals surface area contributed by atoms with E-state index >= 15 is 0 Å². The molecule has 0 bridgehead atoms. The van der Waals surface area contributed by atoms with Crippen LogP contribution in [-0.2, 0) is 0 Å². The van der Waals surface area contributed by atoms with E-state index in [2.05, 4.69) is 10.6 Å². The Morgan fingerprint density at radius 3 is 2.40 bits per heavy atom. The van der Waals surface area contributed by atoms with E-state index in [0.29, 0.717) is 10.7 Å². The highest BCUT2D eigenvalue weighted by molar-refractivity contribution is 7.80. The first-order valence-corrected chi connectivity index (χ1v) is 6.92. The summed E-state index contributed by atoms with van der Waals surface area (Å²) in [6.07, 6.45) is 0. The molecule has 2 nitrogen and oxygen atoms in total. The lowest BCUT2D eigenvalue weighted by atomic mass is 10.2. The van der Waals surface area contributed by atoms with Gasteiger partial charge < -0.3 is 10.6 Å². The predicted molar refractivity (Wildman–Crippen MR) is 87.4 cm³/mol. The number of aryl methyl sites for hydroxylation is 1. The van der Waals surface area contributed by atoms with Crippen molar-refractivity contribution in [2.75, 3.05) is 10.6 Å². The average Bonchev–Trinajstić information content (AvgIpc) is 2.39. The molecule has 0 aromatic heterocycles. The van der Waals surface area contributed by atoms with Crippen molar-refractivity contribution in [2.45, 2.75) is 6.92 Å². The largest absolute Gasteiger partial charge is 0.331 e. The van der Waals surface area contributed by atoms with Gasteiger partial charge in [0.25, 0.3) is 0 Å². The molecule has 104 valence electrons. The normalized spacial score (nSPS) is 10.2. The highest BCUT2D eigenvalue weighted by Crippen LogP contribution is 2.26. The van der Waals surface area contributed by atoms with Gasteiger partial charge in [0.1, 0.15) is 0 Å². The topological polar surface area (TPSA) is 24.1 Å². The van der Waals surface area contributed by atoms with Crippen molar-refractivity contribution < 1.29 is 4.39 Å². The van der Waals surface area contributed by atoms with Gasteiger partial charge in [-0.1, -0.05) is 41.4 Å². The summed E-state index contributed by atoms with van der Waals surface area (Å²) in [5.74, 6) is -0.547. The first-order valence-electron chi connectivity index (χ1n) is 5.76. The van der Waals surface area contributed by atoms with Gasteiger partial charge in [0, 0.05) is 0 Å². The van der Waals surface area contributed by atoms with Gasteiger partial charge in [-0.25, -0.2) is 4.39 Å². The first kappa shape index (κ1) is 15.0. The van der Waals surface area contributed by atoms with Gasteiger partial charge in [-0.15, -0.1) is 0 Å². The fourth-order valence-corrected chi connectivity index (χ4v) is 2.31. The lowest BCUT2D eigenvalue weighted by molar-refractivity contribution is 0.632. The zero-order valence-electron chi connectivity index (χ0n) is 10.5. The third-order valence-corrected chi connectivity index (χ3v) is 3.47. The molecule has 6 heteroatoms. The van der Waals surface area contributed by atoms with Gasteiger partial charge in [-0.2, -0.15) is 0 Å². The van der Waals surface area contributed by atoms with Gasteiger partial charge in [0.05, 0.1) is 21.4 Å². The van der Waals surface area contributed by atoms with Crippen LogP contribution in [0.2, 0.25) is 10.0 Å². The summed E-state index contributed by atoms with van der Waals surface area (Å²) in [6.45, 7) is 1.90. The number of halogens is 3. The number of hydrogen-bond donors (Lipinski definition) is 2. The van der Waals surface area contributed by atoms with Crippen molar-refractivity contribution in [2.24, 2.45) is 0 Å². The zero-order valence-corrected chi connectivity index (χ0v) is 12.8. The molecule has 20 heavy (non-hydrogen) atoms. The number of thiocarbonyl (C=S) groups is 1. The average molecular weight is 329 g/mol. The van der Waals surface area contributed by atoms with Crippen molar-refractivity contribution >= 4 is 51.9 Å². The van der Waals surface area contributed by atoms with E-state index < -0.39 is 5.82 Å². The quantitative estimate of drug-likeness (QED) is 0.736. The van der Waals surface area contributed by atoms with Crippen LogP contribution in [0.5, 0.6) is 0 Å². The summed E-state index contributed by atoms with van der Waals surface area (Å²) in [7, 11) is 0. The van der Waals surface area contributed by atoms with E-state index in [4.69, 9.17) is 35.4 Å². The van der Waals surface area contributed by atoms with E-state index in [1.807, 2.05) is 19.1 Å². The monoisotopic (exact) mass is 328 g/mol. The van der Waals surface area contributed by atoms with Crippen LogP contribution in [0.25, 0.3) is 0 Å². The Hall–Kier alpha value is -1.36. The molecule has 0 aliphatic rings. The minimum atomic E-state index is -0.547. The smallest absolute Gasteiger partial charge is 0.175 e. The summed E-state index contributed by atoms with van der Waals surface area (Å²) in [6, 6.07) is 10.1. The maximum atomic E-state index is 13.8. The SMILES string of the molecule is Cc1cccc(Cl)c1NC(=S)Nc1cccc(Cl)c1F. The van der Waals surface area contributed by atoms with Crippen LogP contribution < -0.4 is 10.6 Å². The van der Waals surface area contributed by atoms with Crippen molar-refractivity contribution in [3.63, 3.8) is 0 Å². The van der Waals surface area contributed by atoms with Crippen LogP contribution in [0.1, 0.15) is 5.56 Å². The maximum absolute atomic E-state index is 13.8. The second-order valence-electron chi connectivity index (χ2n) is 4.11. The van der Waals surface area contributed by atoms with Crippen LogP contribution in [0, 0.1) is 12.7 Å². The first-order chi connectivity index (χ1) is 9.49. The number of para-hydroxylation sites is 1. The Kier molecular flexibility index (Phi) is 4.81. The van der Waals surface area contributed by atoms with Crippen molar-refractivity contribution in [1.29, 1.82) is 0 Å². The standard InChI is InChI=1S/C14H11Cl2FN2S/c1-8-4-2-6-10(16)13(8)19-14(20)18-11-7-3-5-9(15)12(11)17/h2-7H,1H3,(H2,18,19,20). The molecule has 0 radical (unpaired) electrons. The number of anilines is 2. The molecule has 2 rings (SSSR count). The molecule has 0 atom stereocenters. The number of rotatable bonds is 2. The summed E-state index contributed by atoms with van der Waals surface area (Å²) >= 11 is 16.9. The molecule has 0 amide bonds. The Labute approximate surface area is 131 Å². The van der Waals surface area contributed by atoms with E-state index in [0.717, 1.165) is 5.56 Å². The predicted octanol–water partition coefficient (Wildman–Crippen LogP) is 5.25. The molecule has 2 N–H and O–H groups in total. The van der Waals surface area contributed by atoms with Crippen LogP contribution >= 0.6 is 35.4 Å². The van der Waals surface area contributed by atoms with Gasteiger partial charge in [0.15, 0.2) is 10.9 Å². The molecule has 0 spiro atoms. The van der Waals surface area contributed by atoms with Crippen LogP contribution in [-0.4, -0.2) is 5.11 Å². The van der Waals surface area contributed by atoms with Gasteiger partial charge >= 0.3 is 0 Å². The van der Waals surface area contributed by atoms with Gasteiger partial charge in [-0.3, -0.25) is 0 Å². The molecule has 0 aliphatic carbocycles. The number of benzene rings is 2. The summed E-state index contributed by atoms with van der Waals surface area (Å²) in [4.78, 5) is 0. The fourth-order valence-electron chi connectivity index (χ4n) is 1.66. The summed E-state index contributed by atoms with van der Waals surface area (Å²) in [5, 5.41) is 6.52. The third-order valence-electron chi connectivity index (χ3n) is 2.66. The second-order valence-corrected chi connectivity index (χ2v) is 5.33. The minimum absolute atomic E-state index is 0.0340. The number of nitrogens with one attached hydrogen (secondary N) is 2. The minimum Gasteiger partial charge on any atom is -0.331 e. The Morgan fingerprint density at radius 2 is 1.70 bits per heavy atom. The Morgan fingerprint density at radius 1 is 1.05 bits per heavy atom. The maximum Gasteiger partial charge on any atom is 0.175 e. The molecule has 0 aliphatic heterocycles. The molecule has 2 aromatic carbocycles. The Balaban J connectivity index is 2.16. The van der Waals surface area contributed by atoms with Crippen LogP contribution in [0.4, 0.5) is 15.8 Å². The molecule has 0 heterocycles. The van der Waals surface area contributed by atoms with E-state index in [-0.39, 0.29) is 15.8 Å². The molecule has 0 saturated carbocycles. The highest BCUT2D eigenvalue weighted by Gasteiger charge is 2.09. The molecular formula is C14H11Cl2FN2S. The second kappa shape index (κ2) is 6.39. The van der Waals surface area contributed by atoms with E-state index in [9.17, 15) is 4.39 Å². The van der Waals surface area contributed by atoms with Crippen LogP contribution in [0.3, 0.4) is 0 Å². The van der Waals surface area contributed by atoms with E-state index in [1.165, 1.54) is 6.07 Å². The molecular weight excluding hydrogens is 318 g/mol. The fraction of sp³-hybridized carbons (Fsp3) is 0.0714. The zero-order chi connectivity index (χ0) is 14.7. The molecule has 0 unspecified atom stereocenters. The Bertz CT molecular complexity index is 641. The number of hydrogen-bond acceptors (Lipinski definition) is 1. The molecule has 0 fully saturated rings. The third kappa shape index (κ3) is 3.39. The van der Waals surface area contributed by atoms with Crippen molar-refractivity contribution in [1.82, 2.24) is 0 Å². The summed E-state index contributed by atoms with van der Waals surface area (Å²) < 4.78 is 13.8. The van der Waals surface area contributed by atoms with Gasteiger partial charge in [0.2, 0.25) is 0 Å². The summed E-state index contributed by atoms with van der Waals surface area (Å²) in [5.41, 5.74) is 1.84. The van der Waals surface area contributed by atoms with Gasteiger partial charge in [-0.05, 0) is 42.9 Å². The van der Waals surface area contributed by atoms with Crippen molar-refractivity contribution in [3.05, 3.63) is 57.8 Å². The van der Waals surface area contributed by atoms with Crippen LogP contribution in [0.15, 0.2) is 36.4 Å².